The Bertz CT molecular complexity index is 838. The van der Waals surface area contributed by atoms with Crippen molar-refractivity contribution in [1.29, 1.82) is 0 Å². The Morgan fingerprint density at radius 2 is 2.17 bits per heavy atom. The van der Waals surface area contributed by atoms with Gasteiger partial charge in [0.2, 0.25) is 10.0 Å². The molecule has 1 aliphatic carbocycles. The summed E-state index contributed by atoms with van der Waals surface area (Å²) in [6, 6.07) is 1.57. The molecule has 0 saturated heterocycles. The van der Waals surface area contributed by atoms with Crippen molar-refractivity contribution < 1.29 is 17.7 Å². The second-order valence-electron chi connectivity index (χ2n) is 6.31. The second kappa shape index (κ2) is 5.92. The molecule has 2 heterocycles. The van der Waals surface area contributed by atoms with E-state index in [0.29, 0.717) is 16.8 Å². The number of amides is 1. The third-order valence-corrected chi connectivity index (χ3v) is 5.50. The van der Waals surface area contributed by atoms with Gasteiger partial charge in [-0.15, -0.1) is 0 Å². The molecule has 1 fully saturated rings. The van der Waals surface area contributed by atoms with E-state index in [9.17, 15) is 13.2 Å². The number of fused-ring (bicyclic) bond motifs is 1. The SMILES string of the molecule is CC(C)c1noc2ncc(C(=O)NS(=O)(=O)CC3CCC3)cc12. The molecule has 0 unspecified atom stereocenters. The van der Waals surface area contributed by atoms with Gasteiger partial charge in [0.05, 0.1) is 22.4 Å². The van der Waals surface area contributed by atoms with Gasteiger partial charge in [-0.25, -0.2) is 18.1 Å². The van der Waals surface area contributed by atoms with Gasteiger partial charge < -0.3 is 4.52 Å². The second-order valence-corrected chi connectivity index (χ2v) is 8.08. The maximum absolute atomic E-state index is 12.2. The summed E-state index contributed by atoms with van der Waals surface area (Å²) in [5, 5.41) is 4.57. The van der Waals surface area contributed by atoms with E-state index in [4.69, 9.17) is 4.52 Å². The molecule has 0 atom stereocenters. The van der Waals surface area contributed by atoms with Gasteiger partial charge in [-0.3, -0.25) is 4.79 Å². The molecule has 1 N–H and O–H groups in total. The van der Waals surface area contributed by atoms with E-state index < -0.39 is 15.9 Å². The zero-order valence-corrected chi connectivity index (χ0v) is 13.9. The van der Waals surface area contributed by atoms with E-state index in [1.807, 2.05) is 13.8 Å². The number of aromatic nitrogens is 2. The van der Waals surface area contributed by atoms with Crippen LogP contribution in [0.15, 0.2) is 16.8 Å². The summed E-state index contributed by atoms with van der Waals surface area (Å²) >= 11 is 0. The van der Waals surface area contributed by atoms with Crippen molar-refractivity contribution in [1.82, 2.24) is 14.9 Å². The van der Waals surface area contributed by atoms with Crippen LogP contribution < -0.4 is 4.72 Å². The van der Waals surface area contributed by atoms with Gasteiger partial charge in [-0.05, 0) is 30.7 Å². The maximum atomic E-state index is 12.2. The standard InChI is InChI=1S/C15H19N3O4S/c1-9(2)13-12-6-11(7-16-15(12)22-17-13)14(19)18-23(20,21)8-10-4-3-5-10/h6-7,9-10H,3-5,8H2,1-2H3,(H,18,19). The number of nitrogens with one attached hydrogen (secondary N) is 1. The fourth-order valence-corrected chi connectivity index (χ4v) is 4.04. The van der Waals surface area contributed by atoms with Crippen molar-refractivity contribution in [3.8, 4) is 0 Å². The molecule has 7 nitrogen and oxygen atoms in total. The molecule has 0 aromatic carbocycles. The van der Waals surface area contributed by atoms with Gasteiger partial charge >= 0.3 is 0 Å². The molecule has 0 spiro atoms. The molecule has 0 bridgehead atoms. The minimum absolute atomic E-state index is 0.00107. The van der Waals surface area contributed by atoms with Gasteiger partial charge in [0.1, 0.15) is 0 Å². The fourth-order valence-electron chi connectivity index (χ4n) is 2.60. The molecule has 0 radical (unpaired) electrons. The minimum Gasteiger partial charge on any atom is -0.336 e. The van der Waals surface area contributed by atoms with Crippen molar-refractivity contribution in [3.63, 3.8) is 0 Å². The number of nitrogens with zero attached hydrogens (tertiary/aromatic N) is 2. The fraction of sp³-hybridized carbons (Fsp3) is 0.533. The predicted octanol–water partition coefficient (Wildman–Crippen LogP) is 2.21. The van der Waals surface area contributed by atoms with Crippen LogP contribution in [0, 0.1) is 5.92 Å². The Morgan fingerprint density at radius 1 is 1.43 bits per heavy atom. The first-order valence-corrected chi connectivity index (χ1v) is 9.31. The maximum Gasteiger partial charge on any atom is 0.266 e. The summed E-state index contributed by atoms with van der Waals surface area (Å²) < 4.78 is 31.3. The molecule has 0 aliphatic heterocycles. The lowest BCUT2D eigenvalue weighted by Crippen LogP contribution is -2.36. The van der Waals surface area contributed by atoms with Crippen LogP contribution >= 0.6 is 0 Å². The molecule has 1 saturated carbocycles. The third-order valence-electron chi connectivity index (χ3n) is 4.09. The summed E-state index contributed by atoms with van der Waals surface area (Å²) in [4.78, 5) is 16.3. The van der Waals surface area contributed by atoms with Crippen LogP contribution in [0.1, 0.15) is 55.1 Å². The van der Waals surface area contributed by atoms with Crippen molar-refractivity contribution in [3.05, 3.63) is 23.5 Å². The van der Waals surface area contributed by atoms with E-state index >= 15 is 0 Å². The number of hydrogen-bond acceptors (Lipinski definition) is 6. The molecule has 3 rings (SSSR count). The van der Waals surface area contributed by atoms with Crippen LogP contribution in [0.5, 0.6) is 0 Å². The summed E-state index contributed by atoms with van der Waals surface area (Å²) in [6.07, 6.45) is 4.16. The van der Waals surface area contributed by atoms with E-state index in [1.165, 1.54) is 6.20 Å². The molecule has 8 heteroatoms. The highest BCUT2D eigenvalue weighted by molar-refractivity contribution is 7.90. The van der Waals surface area contributed by atoms with Crippen molar-refractivity contribution in [2.24, 2.45) is 5.92 Å². The lowest BCUT2D eigenvalue weighted by Gasteiger charge is -2.24. The quantitative estimate of drug-likeness (QED) is 0.897. The van der Waals surface area contributed by atoms with Crippen molar-refractivity contribution in [2.45, 2.75) is 39.0 Å². The Balaban J connectivity index is 1.81. The van der Waals surface area contributed by atoms with E-state index in [0.717, 1.165) is 19.3 Å². The highest BCUT2D eigenvalue weighted by atomic mass is 32.2. The number of hydrogen-bond donors (Lipinski definition) is 1. The summed E-state index contributed by atoms with van der Waals surface area (Å²) in [5.41, 5.74) is 1.21. The van der Waals surface area contributed by atoms with E-state index in [-0.39, 0.29) is 23.2 Å². The molecule has 2 aromatic rings. The number of pyridine rings is 1. The largest absolute Gasteiger partial charge is 0.336 e. The highest BCUT2D eigenvalue weighted by Crippen LogP contribution is 2.27. The van der Waals surface area contributed by atoms with Gasteiger partial charge in [0.25, 0.3) is 11.6 Å². The van der Waals surface area contributed by atoms with Crippen LogP contribution in [-0.4, -0.2) is 30.2 Å². The Morgan fingerprint density at radius 3 is 2.78 bits per heavy atom. The van der Waals surface area contributed by atoms with Gasteiger partial charge in [0, 0.05) is 6.20 Å². The summed E-state index contributed by atoms with van der Waals surface area (Å²) in [7, 11) is -3.62. The molecular formula is C15H19N3O4S. The first-order chi connectivity index (χ1) is 10.9. The van der Waals surface area contributed by atoms with Crippen LogP contribution in [0.25, 0.3) is 11.1 Å². The Kier molecular flexibility index (Phi) is 4.09. The first-order valence-electron chi connectivity index (χ1n) is 7.66. The third kappa shape index (κ3) is 3.36. The minimum atomic E-state index is -3.62. The lowest BCUT2D eigenvalue weighted by atomic mass is 9.87. The molecule has 1 amide bonds. The predicted molar refractivity (Wildman–Crippen MR) is 84.5 cm³/mol. The smallest absolute Gasteiger partial charge is 0.266 e. The molecule has 124 valence electrons. The Hall–Kier alpha value is -1.96. The van der Waals surface area contributed by atoms with Gasteiger partial charge in [-0.2, -0.15) is 0 Å². The lowest BCUT2D eigenvalue weighted by molar-refractivity contribution is 0.0981. The average molecular weight is 337 g/mol. The van der Waals surface area contributed by atoms with Crippen LogP contribution in [-0.2, 0) is 10.0 Å². The molecule has 1 aliphatic rings. The zero-order valence-electron chi connectivity index (χ0n) is 13.1. The average Bonchev–Trinajstić information content (AvgIpc) is 2.85. The molecule has 23 heavy (non-hydrogen) atoms. The van der Waals surface area contributed by atoms with Gasteiger partial charge in [0.15, 0.2) is 0 Å². The molecular weight excluding hydrogens is 318 g/mol. The molecule has 2 aromatic heterocycles. The van der Waals surface area contributed by atoms with Crippen molar-refractivity contribution >= 4 is 27.0 Å². The van der Waals surface area contributed by atoms with Crippen LogP contribution in [0.2, 0.25) is 0 Å². The number of rotatable bonds is 5. The van der Waals surface area contributed by atoms with Crippen molar-refractivity contribution in [2.75, 3.05) is 5.75 Å². The highest BCUT2D eigenvalue weighted by Gasteiger charge is 2.26. The normalized spacial score (nSPS) is 15.8. The van der Waals surface area contributed by atoms with E-state index in [2.05, 4.69) is 14.9 Å². The zero-order chi connectivity index (χ0) is 16.6. The monoisotopic (exact) mass is 337 g/mol. The Labute approximate surface area is 134 Å². The number of sulfonamides is 1. The summed E-state index contributed by atoms with van der Waals surface area (Å²) in [5.74, 6) is -0.404. The van der Waals surface area contributed by atoms with E-state index in [1.54, 1.807) is 6.07 Å². The van der Waals surface area contributed by atoms with Gasteiger partial charge in [-0.1, -0.05) is 25.4 Å². The number of carbonyl (C=O) groups excluding carboxylic acids is 1. The topological polar surface area (TPSA) is 102 Å². The van der Waals surface area contributed by atoms with Crippen LogP contribution in [0.4, 0.5) is 0 Å². The number of carbonyl (C=O) groups is 1. The first kappa shape index (κ1) is 15.9. The van der Waals surface area contributed by atoms with Crippen LogP contribution in [0.3, 0.4) is 0 Å². The summed E-state index contributed by atoms with van der Waals surface area (Å²) in [6.45, 7) is 3.90.